The minimum absolute atomic E-state index is 0.0758. The van der Waals surface area contributed by atoms with E-state index in [0.717, 1.165) is 5.56 Å². The highest BCUT2D eigenvalue weighted by atomic mass is 16.6. The molecule has 6 nitrogen and oxygen atoms in total. The Kier molecular flexibility index (Phi) is 5.72. The van der Waals surface area contributed by atoms with E-state index in [4.69, 9.17) is 13.9 Å². The fraction of sp³-hybridized carbons (Fsp3) is 0.217. The Labute approximate surface area is 168 Å². The number of morpholine rings is 1. The molecule has 1 atom stereocenters. The summed E-state index contributed by atoms with van der Waals surface area (Å²) in [4.78, 5) is 27.7. The van der Waals surface area contributed by atoms with E-state index in [-0.39, 0.29) is 11.7 Å². The van der Waals surface area contributed by atoms with Gasteiger partial charge < -0.3 is 18.8 Å². The summed E-state index contributed by atoms with van der Waals surface area (Å²) in [6, 6.07) is 20.2. The van der Waals surface area contributed by atoms with E-state index in [2.05, 4.69) is 0 Å². The van der Waals surface area contributed by atoms with Gasteiger partial charge in [0.1, 0.15) is 0 Å². The van der Waals surface area contributed by atoms with Gasteiger partial charge in [0.25, 0.3) is 5.91 Å². The molecule has 1 aliphatic heterocycles. The number of amides is 1. The largest absolute Gasteiger partial charge is 0.457 e. The molecule has 1 aliphatic rings. The van der Waals surface area contributed by atoms with Gasteiger partial charge in [-0.25, -0.2) is 4.79 Å². The van der Waals surface area contributed by atoms with Crippen molar-refractivity contribution in [2.24, 2.45) is 0 Å². The smallest absolute Gasteiger partial charge is 0.376 e. The Balaban J connectivity index is 1.61. The minimum Gasteiger partial charge on any atom is -0.457 e. The summed E-state index contributed by atoms with van der Waals surface area (Å²) in [6.07, 6.45) is 0.399. The number of carbonyl (C=O) groups excluding carboxylic acids is 2. The standard InChI is InChI=1S/C23H21NO5/c25-22(24-12-15-27-16-13-24)20(18-9-5-2-6-10-18)29-23(26)21-19(11-14-28-21)17-7-3-1-4-8-17/h1-11,14,20H,12-13,15-16H2/t20-/m1/s1. The number of ether oxygens (including phenoxy) is 2. The third kappa shape index (κ3) is 4.22. The van der Waals surface area contributed by atoms with Gasteiger partial charge >= 0.3 is 5.97 Å². The summed E-state index contributed by atoms with van der Waals surface area (Å²) in [6.45, 7) is 1.88. The van der Waals surface area contributed by atoms with Crippen LogP contribution in [0.3, 0.4) is 0 Å². The summed E-state index contributed by atoms with van der Waals surface area (Å²) in [7, 11) is 0. The molecule has 0 radical (unpaired) electrons. The maximum atomic E-state index is 13.1. The van der Waals surface area contributed by atoms with Crippen LogP contribution in [-0.4, -0.2) is 43.1 Å². The molecule has 0 bridgehead atoms. The molecule has 4 rings (SSSR count). The highest BCUT2D eigenvalue weighted by Gasteiger charge is 2.32. The Morgan fingerprint density at radius 1 is 0.897 bits per heavy atom. The van der Waals surface area contributed by atoms with Crippen molar-refractivity contribution in [3.63, 3.8) is 0 Å². The molecule has 0 saturated carbocycles. The Morgan fingerprint density at radius 2 is 1.55 bits per heavy atom. The first kappa shape index (κ1) is 19.0. The van der Waals surface area contributed by atoms with E-state index < -0.39 is 12.1 Å². The molecule has 0 aliphatic carbocycles. The lowest BCUT2D eigenvalue weighted by molar-refractivity contribution is -0.145. The quantitative estimate of drug-likeness (QED) is 0.621. The van der Waals surface area contributed by atoms with Crippen LogP contribution in [0, 0.1) is 0 Å². The highest BCUT2D eigenvalue weighted by Crippen LogP contribution is 2.28. The molecule has 0 N–H and O–H groups in total. The summed E-state index contributed by atoms with van der Waals surface area (Å²) >= 11 is 0. The van der Waals surface area contributed by atoms with Crippen molar-refractivity contribution in [3.05, 3.63) is 84.3 Å². The van der Waals surface area contributed by atoms with Gasteiger partial charge in [-0.1, -0.05) is 60.7 Å². The molecule has 1 fully saturated rings. The number of benzene rings is 2. The monoisotopic (exact) mass is 391 g/mol. The van der Waals surface area contributed by atoms with Crippen molar-refractivity contribution >= 4 is 11.9 Å². The van der Waals surface area contributed by atoms with Crippen molar-refractivity contribution < 1.29 is 23.5 Å². The lowest BCUT2D eigenvalue weighted by atomic mass is 10.1. The second-order valence-corrected chi connectivity index (χ2v) is 6.66. The zero-order valence-corrected chi connectivity index (χ0v) is 15.8. The molecule has 148 valence electrons. The van der Waals surface area contributed by atoms with E-state index in [1.807, 2.05) is 48.5 Å². The number of hydrogen-bond donors (Lipinski definition) is 0. The minimum atomic E-state index is -1.05. The van der Waals surface area contributed by atoms with Gasteiger partial charge in [-0.2, -0.15) is 0 Å². The lowest BCUT2D eigenvalue weighted by Crippen LogP contribution is -2.44. The van der Waals surface area contributed by atoms with Crippen LogP contribution in [0.4, 0.5) is 0 Å². The van der Waals surface area contributed by atoms with Crippen LogP contribution in [0.2, 0.25) is 0 Å². The summed E-state index contributed by atoms with van der Waals surface area (Å²) in [5.74, 6) is -0.864. The molecule has 6 heteroatoms. The molecule has 0 unspecified atom stereocenters. The number of carbonyl (C=O) groups is 2. The predicted octanol–water partition coefficient (Wildman–Crippen LogP) is 3.70. The Hall–Kier alpha value is -3.38. The summed E-state index contributed by atoms with van der Waals surface area (Å²) in [5.41, 5.74) is 2.08. The number of furan rings is 1. The van der Waals surface area contributed by atoms with Crippen molar-refractivity contribution in [1.82, 2.24) is 4.90 Å². The van der Waals surface area contributed by atoms with Gasteiger partial charge in [0.05, 0.1) is 19.5 Å². The Morgan fingerprint density at radius 3 is 2.24 bits per heavy atom. The zero-order chi connectivity index (χ0) is 20.1. The van der Waals surface area contributed by atoms with Crippen LogP contribution in [0.5, 0.6) is 0 Å². The maximum absolute atomic E-state index is 13.1. The van der Waals surface area contributed by atoms with E-state index in [9.17, 15) is 9.59 Å². The molecule has 2 heterocycles. The number of nitrogens with zero attached hydrogens (tertiary/aromatic N) is 1. The van der Waals surface area contributed by atoms with Crippen LogP contribution in [0.1, 0.15) is 22.2 Å². The maximum Gasteiger partial charge on any atom is 0.376 e. The van der Waals surface area contributed by atoms with Gasteiger partial charge in [0, 0.05) is 24.2 Å². The number of hydrogen-bond acceptors (Lipinski definition) is 5. The van der Waals surface area contributed by atoms with Crippen LogP contribution >= 0.6 is 0 Å². The lowest BCUT2D eigenvalue weighted by Gasteiger charge is -2.30. The average molecular weight is 391 g/mol. The van der Waals surface area contributed by atoms with Gasteiger partial charge in [0.15, 0.2) is 0 Å². The molecule has 2 aromatic carbocycles. The zero-order valence-electron chi connectivity index (χ0n) is 15.8. The predicted molar refractivity (Wildman–Crippen MR) is 106 cm³/mol. The molecule has 0 spiro atoms. The first-order valence-corrected chi connectivity index (χ1v) is 9.49. The third-order valence-electron chi connectivity index (χ3n) is 4.81. The van der Waals surface area contributed by atoms with Crippen LogP contribution < -0.4 is 0 Å². The highest BCUT2D eigenvalue weighted by molar-refractivity contribution is 5.96. The van der Waals surface area contributed by atoms with E-state index >= 15 is 0 Å². The van der Waals surface area contributed by atoms with Gasteiger partial charge in [-0.3, -0.25) is 4.79 Å². The van der Waals surface area contributed by atoms with Gasteiger partial charge in [-0.05, 0) is 11.6 Å². The molecule has 1 amide bonds. The van der Waals surface area contributed by atoms with Crippen LogP contribution in [0.15, 0.2) is 77.4 Å². The van der Waals surface area contributed by atoms with Crippen molar-refractivity contribution in [2.45, 2.75) is 6.10 Å². The molecule has 1 saturated heterocycles. The summed E-state index contributed by atoms with van der Waals surface area (Å²) < 4.78 is 16.4. The summed E-state index contributed by atoms with van der Waals surface area (Å²) in [5, 5.41) is 0. The van der Waals surface area contributed by atoms with E-state index in [0.29, 0.717) is 37.4 Å². The van der Waals surface area contributed by atoms with Crippen LogP contribution in [0.25, 0.3) is 11.1 Å². The van der Waals surface area contributed by atoms with Crippen molar-refractivity contribution in [2.75, 3.05) is 26.3 Å². The van der Waals surface area contributed by atoms with Crippen molar-refractivity contribution in [1.29, 1.82) is 0 Å². The molecule has 3 aromatic rings. The normalized spacial score (nSPS) is 15.0. The van der Waals surface area contributed by atoms with Crippen LogP contribution in [-0.2, 0) is 14.3 Å². The topological polar surface area (TPSA) is 69.0 Å². The molecule has 29 heavy (non-hydrogen) atoms. The third-order valence-corrected chi connectivity index (χ3v) is 4.81. The molecule has 1 aromatic heterocycles. The average Bonchev–Trinajstić information content (AvgIpc) is 3.29. The first-order chi connectivity index (χ1) is 14.2. The first-order valence-electron chi connectivity index (χ1n) is 9.49. The SMILES string of the molecule is O=C(O[C@@H](C(=O)N1CCOCC1)c1ccccc1)c1occc1-c1ccccc1. The number of esters is 1. The van der Waals surface area contributed by atoms with Crippen molar-refractivity contribution in [3.8, 4) is 11.1 Å². The molecular weight excluding hydrogens is 370 g/mol. The van der Waals surface area contributed by atoms with E-state index in [1.54, 1.807) is 23.1 Å². The number of rotatable bonds is 5. The fourth-order valence-corrected chi connectivity index (χ4v) is 3.31. The second-order valence-electron chi connectivity index (χ2n) is 6.66. The second kappa shape index (κ2) is 8.75. The molecular formula is C23H21NO5. The van der Waals surface area contributed by atoms with Gasteiger partial charge in [-0.15, -0.1) is 0 Å². The van der Waals surface area contributed by atoms with E-state index in [1.165, 1.54) is 6.26 Å². The Bertz CT molecular complexity index is 961. The van der Waals surface area contributed by atoms with Gasteiger partial charge in [0.2, 0.25) is 11.9 Å². The fourth-order valence-electron chi connectivity index (χ4n) is 3.31.